The van der Waals surface area contributed by atoms with Crippen LogP contribution in [0.5, 0.6) is 0 Å². The van der Waals surface area contributed by atoms with Gasteiger partial charge < -0.3 is 14.6 Å². The first-order valence-electron chi connectivity index (χ1n) is 7.39. The van der Waals surface area contributed by atoms with Crippen LogP contribution in [0.1, 0.15) is 32.1 Å². The fraction of sp³-hybridized carbons (Fsp3) is 0.800. The molecule has 4 nitrogen and oxygen atoms in total. The second-order valence-electron chi connectivity index (χ2n) is 5.28. The molecule has 0 radical (unpaired) electrons. The van der Waals surface area contributed by atoms with Crippen LogP contribution in [0.3, 0.4) is 0 Å². The molecule has 0 aromatic heterocycles. The van der Waals surface area contributed by atoms with Crippen LogP contribution in [0, 0.1) is 0 Å². The van der Waals surface area contributed by atoms with Crippen molar-refractivity contribution in [3.63, 3.8) is 0 Å². The maximum atomic E-state index is 4.77. The third-order valence-electron chi connectivity index (χ3n) is 3.70. The Morgan fingerprint density at radius 2 is 1.84 bits per heavy atom. The Labute approximate surface area is 118 Å². The highest BCUT2D eigenvalue weighted by Crippen LogP contribution is 2.07. The van der Waals surface area contributed by atoms with Crippen LogP contribution in [0.4, 0.5) is 0 Å². The van der Waals surface area contributed by atoms with Crippen LogP contribution in [0.15, 0.2) is 17.8 Å². The summed E-state index contributed by atoms with van der Waals surface area (Å²) in [4.78, 5) is 9.76. The molecule has 0 atom stereocenters. The minimum atomic E-state index is 0.960. The molecule has 1 saturated heterocycles. The normalized spacial score (nSPS) is 18.5. The van der Waals surface area contributed by atoms with E-state index >= 15 is 0 Å². The van der Waals surface area contributed by atoms with E-state index in [1.54, 1.807) is 13.2 Å². The summed E-state index contributed by atoms with van der Waals surface area (Å²) in [5.41, 5.74) is 0.960. The minimum absolute atomic E-state index is 0.960. The Balaban J connectivity index is 1.96. The van der Waals surface area contributed by atoms with Gasteiger partial charge in [0.05, 0.1) is 5.71 Å². The summed E-state index contributed by atoms with van der Waals surface area (Å²) in [6, 6.07) is 0. The van der Waals surface area contributed by atoms with Crippen LogP contribution in [-0.4, -0.2) is 62.4 Å². The number of hydrogen-bond donors (Lipinski definition) is 0. The Morgan fingerprint density at radius 3 is 2.47 bits per heavy atom. The van der Waals surface area contributed by atoms with Gasteiger partial charge in [-0.05, 0) is 38.9 Å². The van der Waals surface area contributed by atoms with Crippen LogP contribution >= 0.6 is 0 Å². The summed E-state index contributed by atoms with van der Waals surface area (Å²) >= 11 is 0. The second kappa shape index (κ2) is 9.98. The van der Waals surface area contributed by atoms with Crippen LogP contribution in [-0.2, 0) is 4.84 Å². The van der Waals surface area contributed by atoms with E-state index in [9.17, 15) is 0 Å². The van der Waals surface area contributed by atoms with E-state index in [1.807, 2.05) is 0 Å². The van der Waals surface area contributed by atoms with Gasteiger partial charge in [0.2, 0.25) is 0 Å². The van der Waals surface area contributed by atoms with Gasteiger partial charge >= 0.3 is 0 Å². The first kappa shape index (κ1) is 16.2. The van der Waals surface area contributed by atoms with Crippen molar-refractivity contribution in [1.82, 2.24) is 9.80 Å². The molecule has 19 heavy (non-hydrogen) atoms. The first-order chi connectivity index (χ1) is 9.26. The smallest absolute Gasteiger partial charge is 0.106 e. The number of hydrogen-bond acceptors (Lipinski definition) is 4. The molecule has 0 saturated carbocycles. The number of oxime groups is 1. The number of piperazine rings is 1. The maximum absolute atomic E-state index is 4.77. The molecule has 0 aromatic rings. The first-order valence-corrected chi connectivity index (χ1v) is 7.39. The van der Waals surface area contributed by atoms with Gasteiger partial charge in [-0.3, -0.25) is 0 Å². The molecule has 1 aliphatic heterocycles. The van der Waals surface area contributed by atoms with Crippen LogP contribution in [0.2, 0.25) is 0 Å². The molecular formula is C15H29N3O. The molecule has 1 heterocycles. The highest BCUT2D eigenvalue weighted by molar-refractivity contribution is 5.93. The average molecular weight is 267 g/mol. The molecule has 0 bridgehead atoms. The van der Waals surface area contributed by atoms with Gasteiger partial charge in [0.15, 0.2) is 0 Å². The lowest BCUT2D eigenvalue weighted by atomic mass is 10.1. The van der Waals surface area contributed by atoms with Crippen LogP contribution in [0.25, 0.3) is 0 Å². The predicted molar refractivity (Wildman–Crippen MR) is 81.7 cm³/mol. The summed E-state index contributed by atoms with van der Waals surface area (Å²) in [6.07, 6.45) is 7.83. The summed E-state index contributed by atoms with van der Waals surface area (Å²) in [5, 5.41) is 3.93. The quantitative estimate of drug-likeness (QED) is 0.365. The Morgan fingerprint density at radius 1 is 1.16 bits per heavy atom. The molecule has 0 spiro atoms. The van der Waals surface area contributed by atoms with E-state index in [2.05, 4.69) is 28.6 Å². The van der Waals surface area contributed by atoms with Crippen molar-refractivity contribution in [3.8, 4) is 0 Å². The summed E-state index contributed by atoms with van der Waals surface area (Å²) in [7, 11) is 3.79. The van der Waals surface area contributed by atoms with Gasteiger partial charge in [0.25, 0.3) is 0 Å². The molecule has 0 N–H and O–H groups in total. The molecule has 0 amide bonds. The second-order valence-corrected chi connectivity index (χ2v) is 5.28. The predicted octanol–water partition coefficient (Wildman–Crippen LogP) is 2.37. The summed E-state index contributed by atoms with van der Waals surface area (Å²) < 4.78 is 0. The van der Waals surface area contributed by atoms with Gasteiger partial charge in [-0.15, -0.1) is 0 Å². The molecular weight excluding hydrogens is 238 g/mol. The molecule has 0 aromatic carbocycles. The topological polar surface area (TPSA) is 28.1 Å². The molecule has 1 rings (SSSR count). The minimum Gasteiger partial charge on any atom is -0.399 e. The Kier molecular flexibility index (Phi) is 8.50. The van der Waals surface area contributed by atoms with Crippen molar-refractivity contribution in [2.75, 3.05) is 46.9 Å². The van der Waals surface area contributed by atoms with Crippen molar-refractivity contribution in [2.45, 2.75) is 32.1 Å². The third kappa shape index (κ3) is 7.33. The lowest BCUT2D eigenvalue weighted by Gasteiger charge is -2.32. The number of rotatable bonds is 9. The zero-order valence-corrected chi connectivity index (χ0v) is 12.6. The highest BCUT2D eigenvalue weighted by Gasteiger charge is 2.12. The lowest BCUT2D eigenvalue weighted by Crippen LogP contribution is -2.44. The highest BCUT2D eigenvalue weighted by atomic mass is 16.6. The largest absolute Gasteiger partial charge is 0.399 e. The van der Waals surface area contributed by atoms with Gasteiger partial charge in [0, 0.05) is 26.2 Å². The zero-order chi connectivity index (χ0) is 13.9. The van der Waals surface area contributed by atoms with E-state index in [4.69, 9.17) is 4.84 Å². The number of unbranched alkanes of at least 4 members (excludes halogenated alkanes) is 3. The number of allylic oxidation sites excluding steroid dienone is 1. The molecule has 1 fully saturated rings. The van der Waals surface area contributed by atoms with E-state index in [-0.39, 0.29) is 0 Å². The molecule has 0 aliphatic carbocycles. The molecule has 0 unspecified atom stereocenters. The van der Waals surface area contributed by atoms with Crippen molar-refractivity contribution in [3.05, 3.63) is 12.7 Å². The SMILES string of the molecule is C=C/C(CCCCCCN1CCN(C)CC1)=N\OC. The van der Waals surface area contributed by atoms with Gasteiger partial charge in [-0.25, -0.2) is 0 Å². The fourth-order valence-corrected chi connectivity index (χ4v) is 2.37. The van der Waals surface area contributed by atoms with E-state index in [0.717, 1.165) is 12.1 Å². The molecule has 4 heteroatoms. The van der Waals surface area contributed by atoms with Gasteiger partial charge in [-0.1, -0.05) is 24.6 Å². The lowest BCUT2D eigenvalue weighted by molar-refractivity contribution is 0.152. The Hall–Kier alpha value is -0.870. The number of likely N-dealkylation sites (N-methyl/N-ethyl adjacent to an activating group) is 1. The van der Waals surface area contributed by atoms with Gasteiger partial charge in [0.1, 0.15) is 7.11 Å². The molecule has 110 valence electrons. The number of nitrogens with zero attached hydrogens (tertiary/aromatic N) is 3. The van der Waals surface area contributed by atoms with E-state index in [1.165, 1.54) is 58.4 Å². The molecule has 1 aliphatic rings. The van der Waals surface area contributed by atoms with Crippen molar-refractivity contribution < 1.29 is 4.84 Å². The van der Waals surface area contributed by atoms with E-state index < -0.39 is 0 Å². The maximum Gasteiger partial charge on any atom is 0.106 e. The zero-order valence-electron chi connectivity index (χ0n) is 12.6. The van der Waals surface area contributed by atoms with Crippen LogP contribution < -0.4 is 0 Å². The summed E-state index contributed by atoms with van der Waals surface area (Å²) in [6.45, 7) is 9.90. The van der Waals surface area contributed by atoms with E-state index in [0.29, 0.717) is 0 Å². The Bertz CT molecular complexity index is 271. The standard InChI is InChI=1S/C15H29N3O/c1-4-15(16-19-3)9-7-5-6-8-10-18-13-11-17(2)12-14-18/h4H,1,5-14H2,2-3H3/b16-15+. The fourth-order valence-electron chi connectivity index (χ4n) is 2.37. The summed E-state index contributed by atoms with van der Waals surface area (Å²) in [5.74, 6) is 0. The van der Waals surface area contributed by atoms with Crippen molar-refractivity contribution in [2.24, 2.45) is 5.16 Å². The average Bonchev–Trinajstić information content (AvgIpc) is 2.43. The van der Waals surface area contributed by atoms with Gasteiger partial charge in [-0.2, -0.15) is 0 Å². The monoisotopic (exact) mass is 267 g/mol. The van der Waals surface area contributed by atoms with Crippen molar-refractivity contribution in [1.29, 1.82) is 0 Å². The van der Waals surface area contributed by atoms with Crippen molar-refractivity contribution >= 4 is 5.71 Å². The third-order valence-corrected chi connectivity index (χ3v) is 3.70.